The molecule has 0 bridgehead atoms. The molecule has 0 aromatic heterocycles. The third kappa shape index (κ3) is 1.25. The number of carbonyl (C=O) groups excluding carboxylic acids is 1. The van der Waals surface area contributed by atoms with Crippen molar-refractivity contribution in [2.45, 2.75) is 18.4 Å². The van der Waals surface area contributed by atoms with Crippen LogP contribution in [0.3, 0.4) is 0 Å². The van der Waals surface area contributed by atoms with Gasteiger partial charge in [-0.25, -0.2) is 0 Å². The van der Waals surface area contributed by atoms with Gasteiger partial charge in [-0.2, -0.15) is 0 Å². The summed E-state index contributed by atoms with van der Waals surface area (Å²) in [7, 11) is 0. The highest BCUT2D eigenvalue weighted by molar-refractivity contribution is 6.19. The van der Waals surface area contributed by atoms with Crippen LogP contribution in [0.15, 0.2) is 0 Å². The van der Waals surface area contributed by atoms with Crippen LogP contribution in [0, 0.1) is 0 Å². The Balaban J connectivity index is 2.55. The molecule has 2 nitrogen and oxygen atoms in total. The molecular weight excluding hydrogens is 140 g/mol. The summed E-state index contributed by atoms with van der Waals surface area (Å²) in [5.74, 6) is 0.288. The lowest BCUT2D eigenvalue weighted by molar-refractivity contribution is -0.123. The van der Waals surface area contributed by atoms with Gasteiger partial charge in [0.25, 0.3) is 0 Å². The third-order valence-corrected chi connectivity index (χ3v) is 2.03. The highest BCUT2D eigenvalue weighted by Crippen LogP contribution is 2.24. The molecule has 1 aliphatic rings. The van der Waals surface area contributed by atoms with Gasteiger partial charge in [0.1, 0.15) is 5.60 Å². The highest BCUT2D eigenvalue weighted by Gasteiger charge is 2.33. The van der Waals surface area contributed by atoms with Crippen LogP contribution in [0.5, 0.6) is 0 Å². The average molecular weight is 149 g/mol. The molecule has 0 aliphatic carbocycles. The van der Waals surface area contributed by atoms with Gasteiger partial charge in [0.15, 0.2) is 6.29 Å². The predicted octanol–water partition coefficient (Wildman–Crippen LogP) is 0.973. The van der Waals surface area contributed by atoms with E-state index < -0.39 is 5.60 Å². The summed E-state index contributed by atoms with van der Waals surface area (Å²) in [4.78, 5) is 10.4. The van der Waals surface area contributed by atoms with E-state index in [1.807, 2.05) is 0 Å². The van der Waals surface area contributed by atoms with Crippen molar-refractivity contribution in [2.75, 3.05) is 12.5 Å². The Kier molecular flexibility index (Phi) is 2.09. The van der Waals surface area contributed by atoms with E-state index in [0.717, 1.165) is 19.1 Å². The Morgan fingerprint density at radius 2 is 2.56 bits per heavy atom. The van der Waals surface area contributed by atoms with E-state index in [1.54, 1.807) is 0 Å². The first-order chi connectivity index (χ1) is 4.33. The second-order valence-corrected chi connectivity index (χ2v) is 2.54. The van der Waals surface area contributed by atoms with Crippen molar-refractivity contribution in [1.82, 2.24) is 0 Å². The summed E-state index contributed by atoms with van der Waals surface area (Å²) in [5.41, 5.74) is -0.637. The number of carbonyl (C=O) groups is 1. The lowest BCUT2D eigenvalue weighted by Crippen LogP contribution is -2.31. The lowest BCUT2D eigenvalue weighted by Gasteiger charge is -2.16. The summed E-state index contributed by atoms with van der Waals surface area (Å²) >= 11 is 5.51. The van der Waals surface area contributed by atoms with Gasteiger partial charge >= 0.3 is 0 Å². The molecule has 0 saturated carbocycles. The average Bonchev–Trinajstić information content (AvgIpc) is 2.36. The summed E-state index contributed by atoms with van der Waals surface area (Å²) in [5, 5.41) is 0. The number of aldehydes is 1. The summed E-state index contributed by atoms with van der Waals surface area (Å²) < 4.78 is 5.14. The molecule has 1 aliphatic heterocycles. The maximum Gasteiger partial charge on any atom is 0.153 e. The van der Waals surface area contributed by atoms with Gasteiger partial charge in [-0.3, -0.25) is 0 Å². The number of rotatable bonds is 2. The number of halogens is 1. The molecule has 0 N–H and O–H groups in total. The molecule has 3 heteroatoms. The van der Waals surface area contributed by atoms with E-state index >= 15 is 0 Å². The monoisotopic (exact) mass is 148 g/mol. The topological polar surface area (TPSA) is 26.3 Å². The summed E-state index contributed by atoms with van der Waals surface area (Å²) in [6.45, 7) is 0.672. The van der Waals surface area contributed by atoms with Crippen LogP contribution in [0.4, 0.5) is 0 Å². The van der Waals surface area contributed by atoms with Crippen molar-refractivity contribution < 1.29 is 9.53 Å². The van der Waals surface area contributed by atoms with E-state index in [9.17, 15) is 4.79 Å². The molecule has 1 fully saturated rings. The first-order valence-electron chi connectivity index (χ1n) is 2.99. The minimum absolute atomic E-state index is 0.288. The van der Waals surface area contributed by atoms with E-state index in [4.69, 9.17) is 16.3 Å². The SMILES string of the molecule is O=CC1(CCl)CCCO1. The molecule has 52 valence electrons. The van der Waals surface area contributed by atoms with E-state index in [-0.39, 0.29) is 5.88 Å². The molecule has 1 saturated heterocycles. The first kappa shape index (κ1) is 7.03. The van der Waals surface area contributed by atoms with Gasteiger partial charge in [0, 0.05) is 6.61 Å². The maximum atomic E-state index is 10.4. The van der Waals surface area contributed by atoms with Gasteiger partial charge in [-0.1, -0.05) is 0 Å². The minimum atomic E-state index is -0.637. The van der Waals surface area contributed by atoms with Crippen LogP contribution >= 0.6 is 11.6 Å². The fraction of sp³-hybridized carbons (Fsp3) is 0.833. The summed E-state index contributed by atoms with van der Waals surface area (Å²) in [6, 6.07) is 0. The normalized spacial score (nSPS) is 34.8. The van der Waals surface area contributed by atoms with Crippen LogP contribution < -0.4 is 0 Å². The second-order valence-electron chi connectivity index (χ2n) is 2.27. The Morgan fingerprint density at radius 3 is 2.78 bits per heavy atom. The Morgan fingerprint density at radius 1 is 1.78 bits per heavy atom. The van der Waals surface area contributed by atoms with Crippen LogP contribution in [0.1, 0.15) is 12.8 Å². The van der Waals surface area contributed by atoms with Gasteiger partial charge in [-0.15, -0.1) is 11.6 Å². The van der Waals surface area contributed by atoms with Crippen LogP contribution in [0.2, 0.25) is 0 Å². The quantitative estimate of drug-likeness (QED) is 0.431. The van der Waals surface area contributed by atoms with Crippen molar-refractivity contribution in [2.24, 2.45) is 0 Å². The number of hydrogen-bond acceptors (Lipinski definition) is 2. The molecule has 0 aromatic rings. The molecule has 1 unspecified atom stereocenters. The molecule has 1 atom stereocenters. The van der Waals surface area contributed by atoms with Gasteiger partial charge < -0.3 is 9.53 Å². The maximum absolute atomic E-state index is 10.4. The zero-order chi connectivity index (χ0) is 6.74. The van der Waals surface area contributed by atoms with Crippen molar-refractivity contribution in [3.8, 4) is 0 Å². The van der Waals surface area contributed by atoms with Crippen molar-refractivity contribution in [1.29, 1.82) is 0 Å². The van der Waals surface area contributed by atoms with Crippen LogP contribution in [-0.4, -0.2) is 24.4 Å². The molecule has 9 heavy (non-hydrogen) atoms. The van der Waals surface area contributed by atoms with Gasteiger partial charge in [0.2, 0.25) is 0 Å². The van der Waals surface area contributed by atoms with E-state index in [2.05, 4.69) is 0 Å². The molecule has 0 aromatic carbocycles. The number of hydrogen-bond donors (Lipinski definition) is 0. The minimum Gasteiger partial charge on any atom is -0.366 e. The largest absolute Gasteiger partial charge is 0.366 e. The molecule has 0 radical (unpaired) electrons. The smallest absolute Gasteiger partial charge is 0.153 e. The van der Waals surface area contributed by atoms with Crippen molar-refractivity contribution >= 4 is 17.9 Å². The fourth-order valence-corrected chi connectivity index (χ4v) is 1.22. The van der Waals surface area contributed by atoms with Crippen LogP contribution in [-0.2, 0) is 9.53 Å². The predicted molar refractivity (Wildman–Crippen MR) is 34.7 cm³/mol. The number of alkyl halides is 1. The standard InChI is InChI=1S/C6H9ClO2/c7-4-6(5-8)2-1-3-9-6/h5H,1-4H2. The van der Waals surface area contributed by atoms with E-state index in [0.29, 0.717) is 6.61 Å². The van der Waals surface area contributed by atoms with Crippen LogP contribution in [0.25, 0.3) is 0 Å². The molecule has 1 heterocycles. The molecule has 0 amide bonds. The zero-order valence-corrected chi connectivity index (χ0v) is 5.86. The molecular formula is C6H9ClO2. The second kappa shape index (κ2) is 2.67. The van der Waals surface area contributed by atoms with Gasteiger partial charge in [0.05, 0.1) is 5.88 Å². The first-order valence-corrected chi connectivity index (χ1v) is 3.53. The molecule has 1 rings (SSSR count). The highest BCUT2D eigenvalue weighted by atomic mass is 35.5. The summed E-state index contributed by atoms with van der Waals surface area (Å²) in [6.07, 6.45) is 2.54. The van der Waals surface area contributed by atoms with Gasteiger partial charge in [-0.05, 0) is 12.8 Å². The Bertz CT molecular complexity index is 108. The van der Waals surface area contributed by atoms with Crippen molar-refractivity contribution in [3.05, 3.63) is 0 Å². The number of ether oxygens (including phenoxy) is 1. The lowest BCUT2D eigenvalue weighted by atomic mass is 10.1. The zero-order valence-electron chi connectivity index (χ0n) is 5.10. The third-order valence-electron chi connectivity index (χ3n) is 1.57. The van der Waals surface area contributed by atoms with Crippen molar-refractivity contribution in [3.63, 3.8) is 0 Å². The Labute approximate surface area is 59.1 Å². The van der Waals surface area contributed by atoms with E-state index in [1.165, 1.54) is 0 Å². The fourth-order valence-electron chi connectivity index (χ4n) is 0.949. The Hall–Kier alpha value is -0.0800. The molecule has 0 spiro atoms.